The lowest BCUT2D eigenvalue weighted by Crippen LogP contribution is -2.49. The summed E-state index contributed by atoms with van der Waals surface area (Å²) < 4.78 is 13.3. The maximum absolute atomic E-state index is 13.3. The summed E-state index contributed by atoms with van der Waals surface area (Å²) in [4.78, 5) is 28.7. The van der Waals surface area contributed by atoms with Crippen LogP contribution >= 0.6 is 11.8 Å². The lowest BCUT2D eigenvalue weighted by Gasteiger charge is -2.30. The molecule has 0 bridgehead atoms. The summed E-state index contributed by atoms with van der Waals surface area (Å²) >= 11 is 1.63. The molecular formula is C25H33FN2O2S. The first-order chi connectivity index (χ1) is 14.9. The van der Waals surface area contributed by atoms with Gasteiger partial charge in [0.1, 0.15) is 11.9 Å². The van der Waals surface area contributed by atoms with Crippen molar-refractivity contribution in [1.29, 1.82) is 0 Å². The molecule has 6 heteroatoms. The van der Waals surface area contributed by atoms with Crippen molar-refractivity contribution in [1.82, 2.24) is 10.2 Å². The van der Waals surface area contributed by atoms with Crippen molar-refractivity contribution in [3.63, 3.8) is 0 Å². The van der Waals surface area contributed by atoms with Crippen LogP contribution < -0.4 is 5.32 Å². The first-order valence-corrected chi connectivity index (χ1v) is 11.9. The minimum atomic E-state index is -0.543. The van der Waals surface area contributed by atoms with Gasteiger partial charge in [-0.25, -0.2) is 4.39 Å². The molecule has 0 saturated heterocycles. The van der Waals surface area contributed by atoms with Gasteiger partial charge in [-0.05, 0) is 49.6 Å². The van der Waals surface area contributed by atoms with E-state index in [1.165, 1.54) is 17.7 Å². The van der Waals surface area contributed by atoms with E-state index in [2.05, 4.69) is 36.5 Å². The number of aryl methyl sites for hydroxylation is 1. The highest BCUT2D eigenvalue weighted by atomic mass is 32.2. The molecule has 0 radical (unpaired) electrons. The molecule has 2 amide bonds. The van der Waals surface area contributed by atoms with Crippen LogP contribution in [0, 0.1) is 12.7 Å². The van der Waals surface area contributed by atoms with Gasteiger partial charge in [0.25, 0.3) is 0 Å². The van der Waals surface area contributed by atoms with E-state index in [1.807, 2.05) is 13.8 Å². The predicted molar refractivity (Wildman–Crippen MR) is 125 cm³/mol. The van der Waals surface area contributed by atoms with Gasteiger partial charge in [0.05, 0.1) is 0 Å². The third kappa shape index (κ3) is 8.37. The summed E-state index contributed by atoms with van der Waals surface area (Å²) in [5.41, 5.74) is 2.01. The van der Waals surface area contributed by atoms with Crippen molar-refractivity contribution in [2.45, 2.75) is 63.9 Å². The summed E-state index contributed by atoms with van der Waals surface area (Å²) in [5.74, 6) is 0.120. The second-order valence-corrected chi connectivity index (χ2v) is 8.80. The second kappa shape index (κ2) is 13.2. The number of nitrogens with one attached hydrogen (secondary N) is 1. The van der Waals surface area contributed by atoms with Gasteiger partial charge in [0, 0.05) is 30.2 Å². The van der Waals surface area contributed by atoms with Crippen molar-refractivity contribution in [2.24, 2.45) is 0 Å². The molecule has 2 aromatic carbocycles. The van der Waals surface area contributed by atoms with Crippen molar-refractivity contribution in [3.05, 3.63) is 65.5 Å². The van der Waals surface area contributed by atoms with Crippen LogP contribution in [0.2, 0.25) is 0 Å². The van der Waals surface area contributed by atoms with Crippen molar-refractivity contribution in [2.75, 3.05) is 12.3 Å². The van der Waals surface area contributed by atoms with Gasteiger partial charge in [-0.1, -0.05) is 50.1 Å². The van der Waals surface area contributed by atoms with Gasteiger partial charge in [0.2, 0.25) is 11.8 Å². The molecule has 0 aliphatic rings. The lowest BCUT2D eigenvalue weighted by atomic mass is 10.1. The van der Waals surface area contributed by atoms with E-state index < -0.39 is 6.04 Å². The number of amides is 2. The number of halogens is 1. The average Bonchev–Trinajstić information content (AvgIpc) is 2.76. The van der Waals surface area contributed by atoms with E-state index in [-0.39, 0.29) is 24.2 Å². The van der Waals surface area contributed by atoms with Crippen LogP contribution in [0.25, 0.3) is 0 Å². The fraction of sp³-hybridized carbons (Fsp3) is 0.440. The Hall–Kier alpha value is -2.34. The molecule has 0 unspecified atom stereocenters. The third-order valence-corrected chi connectivity index (χ3v) is 6.10. The van der Waals surface area contributed by atoms with Crippen LogP contribution in [-0.4, -0.2) is 35.1 Å². The number of carbonyl (C=O) groups excluding carboxylic acids is 2. The molecular weight excluding hydrogens is 411 g/mol. The van der Waals surface area contributed by atoms with Gasteiger partial charge in [0.15, 0.2) is 0 Å². The molecule has 168 valence electrons. The molecule has 0 fully saturated rings. The number of hydrogen-bond donors (Lipinski definition) is 1. The first kappa shape index (κ1) is 24.9. The Morgan fingerprint density at radius 2 is 1.74 bits per heavy atom. The van der Waals surface area contributed by atoms with Crippen LogP contribution in [0.4, 0.5) is 4.39 Å². The van der Waals surface area contributed by atoms with Gasteiger partial charge in [-0.15, -0.1) is 11.8 Å². The molecule has 31 heavy (non-hydrogen) atoms. The Kier molecular flexibility index (Phi) is 10.6. The minimum absolute atomic E-state index is 0.0681. The molecule has 0 aliphatic heterocycles. The lowest BCUT2D eigenvalue weighted by molar-refractivity contribution is -0.141. The molecule has 1 atom stereocenters. The standard InChI is InChI=1S/C25H33FN2O2S/c1-4-6-16-27-25(30)23(5-2)28(18-20-9-11-21(26)12-10-20)24(29)15-17-31-22-13-7-19(3)8-14-22/h7-14,23H,4-6,15-18H2,1-3H3,(H,27,30)/t23-/m1/s1. The number of nitrogens with zero attached hydrogens (tertiary/aromatic N) is 1. The topological polar surface area (TPSA) is 49.4 Å². The molecule has 0 saturated carbocycles. The van der Waals surface area contributed by atoms with Crippen molar-refractivity contribution >= 4 is 23.6 Å². The van der Waals surface area contributed by atoms with Gasteiger partial charge < -0.3 is 10.2 Å². The smallest absolute Gasteiger partial charge is 0.242 e. The minimum Gasteiger partial charge on any atom is -0.354 e. The van der Waals surface area contributed by atoms with Gasteiger partial charge >= 0.3 is 0 Å². The zero-order valence-electron chi connectivity index (χ0n) is 18.7. The Bertz CT molecular complexity index is 824. The number of benzene rings is 2. The quantitative estimate of drug-likeness (QED) is 0.355. The number of hydrogen-bond acceptors (Lipinski definition) is 3. The molecule has 2 aromatic rings. The number of carbonyl (C=O) groups is 2. The zero-order valence-corrected chi connectivity index (χ0v) is 19.5. The molecule has 0 spiro atoms. The summed E-state index contributed by atoms with van der Waals surface area (Å²) in [5, 5.41) is 2.95. The van der Waals surface area contributed by atoms with Crippen LogP contribution in [0.1, 0.15) is 50.7 Å². The van der Waals surface area contributed by atoms with Gasteiger partial charge in [-0.2, -0.15) is 0 Å². The molecule has 4 nitrogen and oxygen atoms in total. The molecule has 1 N–H and O–H groups in total. The third-order valence-electron chi connectivity index (χ3n) is 5.09. The fourth-order valence-corrected chi connectivity index (χ4v) is 4.09. The second-order valence-electron chi connectivity index (χ2n) is 7.63. The SMILES string of the molecule is CCCCNC(=O)[C@@H](CC)N(Cc1ccc(F)cc1)C(=O)CCSc1ccc(C)cc1. The Labute approximate surface area is 189 Å². The van der Waals surface area contributed by atoms with E-state index in [1.54, 1.807) is 28.8 Å². The Morgan fingerprint density at radius 3 is 2.35 bits per heavy atom. The number of thioether (sulfide) groups is 1. The van der Waals surface area contributed by atoms with E-state index in [0.29, 0.717) is 25.1 Å². The highest BCUT2D eigenvalue weighted by Crippen LogP contribution is 2.21. The first-order valence-electron chi connectivity index (χ1n) is 11.0. The fourth-order valence-electron chi connectivity index (χ4n) is 3.25. The van der Waals surface area contributed by atoms with Crippen LogP contribution in [0.5, 0.6) is 0 Å². The molecule has 0 aliphatic carbocycles. The zero-order chi connectivity index (χ0) is 22.6. The van der Waals surface area contributed by atoms with Crippen LogP contribution in [0.3, 0.4) is 0 Å². The predicted octanol–water partition coefficient (Wildman–Crippen LogP) is 5.34. The molecule has 2 rings (SSSR count). The van der Waals surface area contributed by atoms with Crippen LogP contribution in [-0.2, 0) is 16.1 Å². The summed E-state index contributed by atoms with van der Waals surface area (Å²) in [6.45, 7) is 6.92. The van der Waals surface area contributed by atoms with Crippen molar-refractivity contribution < 1.29 is 14.0 Å². The summed E-state index contributed by atoms with van der Waals surface area (Å²) in [6, 6.07) is 13.8. The molecule has 0 heterocycles. The van der Waals surface area contributed by atoms with E-state index in [4.69, 9.17) is 0 Å². The van der Waals surface area contributed by atoms with Gasteiger partial charge in [-0.3, -0.25) is 9.59 Å². The molecule has 0 aromatic heterocycles. The number of unbranched alkanes of at least 4 members (excludes halogenated alkanes) is 1. The largest absolute Gasteiger partial charge is 0.354 e. The maximum Gasteiger partial charge on any atom is 0.242 e. The monoisotopic (exact) mass is 444 g/mol. The van der Waals surface area contributed by atoms with Crippen LogP contribution in [0.15, 0.2) is 53.4 Å². The van der Waals surface area contributed by atoms with Crippen molar-refractivity contribution in [3.8, 4) is 0 Å². The highest BCUT2D eigenvalue weighted by molar-refractivity contribution is 7.99. The maximum atomic E-state index is 13.3. The highest BCUT2D eigenvalue weighted by Gasteiger charge is 2.28. The summed E-state index contributed by atoms with van der Waals surface area (Å²) in [7, 11) is 0. The Morgan fingerprint density at radius 1 is 1.06 bits per heavy atom. The number of rotatable bonds is 12. The van der Waals surface area contributed by atoms with E-state index in [0.717, 1.165) is 23.3 Å². The van der Waals surface area contributed by atoms with E-state index in [9.17, 15) is 14.0 Å². The Balaban J connectivity index is 2.08. The van der Waals surface area contributed by atoms with E-state index >= 15 is 0 Å². The normalized spacial score (nSPS) is 11.7. The summed E-state index contributed by atoms with van der Waals surface area (Å²) in [6.07, 6.45) is 2.75. The average molecular weight is 445 g/mol.